The number of likely N-dealkylation sites (N-methyl/N-ethyl adjacent to an activating group) is 1. The van der Waals surface area contributed by atoms with E-state index in [2.05, 4.69) is 37.3 Å². The molecule has 0 spiro atoms. The number of piperazine rings is 1. The Bertz CT molecular complexity index is 410. The average molecular weight is 266 g/mol. The second-order valence-electron chi connectivity index (χ2n) is 4.86. The van der Waals surface area contributed by atoms with Gasteiger partial charge in [-0.15, -0.1) is 5.10 Å². The van der Waals surface area contributed by atoms with Gasteiger partial charge in [-0.2, -0.15) is 0 Å². The number of H-pyrrole nitrogens is 1. The quantitative estimate of drug-likeness (QED) is 0.740. The highest BCUT2D eigenvalue weighted by molar-refractivity contribution is 5.90. The number of aromatic nitrogens is 3. The molecule has 1 aromatic rings. The molecule has 0 radical (unpaired) electrons. The normalized spacial score (nSPS) is 17.6. The number of aryl methyl sites for hydroxylation is 1. The molecular formula is C12H22N6O. The van der Waals surface area contributed by atoms with E-state index in [0.717, 1.165) is 45.0 Å². The first kappa shape index (κ1) is 14.0. The number of carbonyl (C=O) groups excluding carboxylic acids is 1. The highest BCUT2D eigenvalue weighted by atomic mass is 16.2. The zero-order valence-corrected chi connectivity index (χ0v) is 11.6. The topological polar surface area (TPSA) is 77.2 Å². The molecule has 7 heteroatoms. The third-order valence-corrected chi connectivity index (χ3v) is 3.38. The van der Waals surface area contributed by atoms with Crippen LogP contribution in [0.4, 0.5) is 0 Å². The van der Waals surface area contributed by atoms with E-state index in [1.54, 1.807) is 0 Å². The van der Waals surface area contributed by atoms with E-state index in [4.69, 9.17) is 0 Å². The largest absolute Gasteiger partial charge is 0.348 e. The van der Waals surface area contributed by atoms with Gasteiger partial charge >= 0.3 is 0 Å². The minimum Gasteiger partial charge on any atom is -0.348 e. The number of nitrogens with one attached hydrogen (secondary N) is 2. The highest BCUT2D eigenvalue weighted by Crippen LogP contribution is 1.98. The van der Waals surface area contributed by atoms with Crippen LogP contribution in [0.3, 0.4) is 0 Å². The third kappa shape index (κ3) is 4.00. The number of nitrogens with zero attached hydrogens (tertiary/aromatic N) is 4. The first-order valence-electron chi connectivity index (χ1n) is 6.79. The second-order valence-corrected chi connectivity index (χ2v) is 4.86. The lowest BCUT2D eigenvalue weighted by Crippen LogP contribution is -2.47. The van der Waals surface area contributed by atoms with Crippen LogP contribution in [0.25, 0.3) is 0 Å². The molecule has 1 aromatic heterocycles. The van der Waals surface area contributed by atoms with E-state index in [1.807, 2.05) is 6.92 Å². The van der Waals surface area contributed by atoms with Crippen LogP contribution in [0.1, 0.15) is 23.4 Å². The van der Waals surface area contributed by atoms with Crippen LogP contribution in [0.2, 0.25) is 0 Å². The fourth-order valence-electron chi connectivity index (χ4n) is 2.03. The van der Waals surface area contributed by atoms with Crippen molar-refractivity contribution in [1.29, 1.82) is 0 Å². The lowest BCUT2D eigenvalue weighted by atomic mass is 10.3. The molecule has 19 heavy (non-hydrogen) atoms. The molecule has 0 aromatic carbocycles. The molecule has 0 saturated carbocycles. The maximum atomic E-state index is 11.8. The molecule has 0 unspecified atom stereocenters. The zero-order chi connectivity index (χ0) is 13.7. The van der Waals surface area contributed by atoms with Gasteiger partial charge in [0.1, 0.15) is 5.82 Å². The van der Waals surface area contributed by atoms with Crippen molar-refractivity contribution >= 4 is 5.91 Å². The second kappa shape index (κ2) is 6.63. The molecule has 106 valence electrons. The Morgan fingerprint density at radius 1 is 1.37 bits per heavy atom. The monoisotopic (exact) mass is 266 g/mol. The lowest BCUT2D eigenvalue weighted by Gasteiger charge is -2.32. The van der Waals surface area contributed by atoms with Crippen molar-refractivity contribution in [3.8, 4) is 0 Å². The Labute approximate surface area is 113 Å². The van der Waals surface area contributed by atoms with Crippen LogP contribution in [-0.4, -0.2) is 77.2 Å². The van der Waals surface area contributed by atoms with Gasteiger partial charge in [-0.05, 0) is 7.05 Å². The molecule has 1 amide bonds. The summed E-state index contributed by atoms with van der Waals surface area (Å²) in [7, 11) is 2.13. The zero-order valence-electron chi connectivity index (χ0n) is 11.6. The summed E-state index contributed by atoms with van der Waals surface area (Å²) >= 11 is 0. The molecule has 7 nitrogen and oxygen atoms in total. The Morgan fingerprint density at radius 3 is 2.74 bits per heavy atom. The van der Waals surface area contributed by atoms with Crippen LogP contribution in [-0.2, 0) is 6.42 Å². The molecule has 2 rings (SSSR count). The number of hydrogen-bond donors (Lipinski definition) is 2. The van der Waals surface area contributed by atoms with Crippen molar-refractivity contribution in [2.75, 3.05) is 46.3 Å². The highest BCUT2D eigenvalue weighted by Gasteiger charge is 2.15. The van der Waals surface area contributed by atoms with Gasteiger partial charge in [-0.3, -0.25) is 14.8 Å². The van der Waals surface area contributed by atoms with Gasteiger partial charge in [-0.1, -0.05) is 6.92 Å². The van der Waals surface area contributed by atoms with Gasteiger partial charge in [0.25, 0.3) is 5.91 Å². The van der Waals surface area contributed by atoms with E-state index >= 15 is 0 Å². The maximum Gasteiger partial charge on any atom is 0.291 e. The van der Waals surface area contributed by atoms with Crippen molar-refractivity contribution in [2.24, 2.45) is 0 Å². The summed E-state index contributed by atoms with van der Waals surface area (Å²) in [5, 5.41) is 9.49. The molecule has 1 aliphatic heterocycles. The Balaban J connectivity index is 1.69. The summed E-state index contributed by atoms with van der Waals surface area (Å²) < 4.78 is 0. The molecule has 1 fully saturated rings. The van der Waals surface area contributed by atoms with Crippen molar-refractivity contribution in [1.82, 2.24) is 30.3 Å². The molecule has 2 heterocycles. The number of amides is 1. The number of rotatable bonds is 5. The van der Waals surface area contributed by atoms with Gasteiger partial charge in [0.2, 0.25) is 5.82 Å². The summed E-state index contributed by atoms with van der Waals surface area (Å²) in [4.78, 5) is 20.6. The third-order valence-electron chi connectivity index (χ3n) is 3.38. The minimum absolute atomic E-state index is 0.204. The smallest absolute Gasteiger partial charge is 0.291 e. The molecular weight excluding hydrogens is 244 g/mol. The summed E-state index contributed by atoms with van der Waals surface area (Å²) in [6.45, 7) is 7.79. The fraction of sp³-hybridized carbons (Fsp3) is 0.750. The standard InChI is InChI=1S/C12H22N6O/c1-3-10-14-11(16-15-10)12(19)13-4-5-18-8-6-17(2)7-9-18/h3-9H2,1-2H3,(H,13,19)(H,14,15,16). The first-order chi connectivity index (χ1) is 9.19. The SMILES string of the molecule is CCc1nc(C(=O)NCCN2CCN(C)CC2)n[nH]1. The van der Waals surface area contributed by atoms with Crippen molar-refractivity contribution in [2.45, 2.75) is 13.3 Å². The van der Waals surface area contributed by atoms with E-state index in [1.165, 1.54) is 0 Å². The van der Waals surface area contributed by atoms with Gasteiger partial charge < -0.3 is 10.2 Å². The van der Waals surface area contributed by atoms with Crippen LogP contribution in [0, 0.1) is 0 Å². The Morgan fingerprint density at radius 2 is 2.11 bits per heavy atom. The lowest BCUT2D eigenvalue weighted by molar-refractivity contribution is 0.0931. The minimum atomic E-state index is -0.204. The van der Waals surface area contributed by atoms with Crippen LogP contribution >= 0.6 is 0 Å². The molecule has 0 bridgehead atoms. The Kier molecular flexibility index (Phi) is 4.86. The Hall–Kier alpha value is -1.47. The predicted octanol–water partition coefficient (Wildman–Crippen LogP) is -0.656. The maximum absolute atomic E-state index is 11.8. The first-order valence-corrected chi connectivity index (χ1v) is 6.79. The van der Waals surface area contributed by atoms with Crippen molar-refractivity contribution < 1.29 is 4.79 Å². The van der Waals surface area contributed by atoms with E-state index < -0.39 is 0 Å². The predicted molar refractivity (Wildman–Crippen MR) is 72.0 cm³/mol. The van der Waals surface area contributed by atoms with Crippen molar-refractivity contribution in [3.05, 3.63) is 11.6 Å². The van der Waals surface area contributed by atoms with Crippen LogP contribution in [0.5, 0.6) is 0 Å². The van der Waals surface area contributed by atoms with Gasteiger partial charge in [-0.25, -0.2) is 4.98 Å². The molecule has 1 aliphatic rings. The van der Waals surface area contributed by atoms with Gasteiger partial charge in [0.05, 0.1) is 0 Å². The summed E-state index contributed by atoms with van der Waals surface area (Å²) in [6.07, 6.45) is 0.752. The summed E-state index contributed by atoms with van der Waals surface area (Å²) in [6, 6.07) is 0. The van der Waals surface area contributed by atoms with Crippen LogP contribution in [0.15, 0.2) is 0 Å². The number of carbonyl (C=O) groups is 1. The number of hydrogen-bond acceptors (Lipinski definition) is 5. The van der Waals surface area contributed by atoms with Gasteiger partial charge in [0, 0.05) is 45.7 Å². The van der Waals surface area contributed by atoms with E-state index in [9.17, 15) is 4.79 Å². The molecule has 0 aliphatic carbocycles. The van der Waals surface area contributed by atoms with E-state index in [0.29, 0.717) is 6.54 Å². The van der Waals surface area contributed by atoms with Crippen LogP contribution < -0.4 is 5.32 Å². The van der Waals surface area contributed by atoms with Crippen molar-refractivity contribution in [3.63, 3.8) is 0 Å². The molecule has 2 N–H and O–H groups in total. The van der Waals surface area contributed by atoms with E-state index in [-0.39, 0.29) is 11.7 Å². The van der Waals surface area contributed by atoms with Gasteiger partial charge in [0.15, 0.2) is 0 Å². The summed E-state index contributed by atoms with van der Waals surface area (Å²) in [5.41, 5.74) is 0. The summed E-state index contributed by atoms with van der Waals surface area (Å²) in [5.74, 6) is 0.768. The fourth-order valence-corrected chi connectivity index (χ4v) is 2.03. The molecule has 1 saturated heterocycles. The molecule has 0 atom stereocenters. The number of aromatic amines is 1. The average Bonchev–Trinajstić information content (AvgIpc) is 2.90.